The maximum absolute atomic E-state index is 8.97. The molecule has 1 heterocycles. The van der Waals surface area contributed by atoms with Crippen LogP contribution in [-0.4, -0.2) is 21.6 Å². The molecule has 0 aliphatic rings. The summed E-state index contributed by atoms with van der Waals surface area (Å²) in [5, 5.41) is 8.97. The summed E-state index contributed by atoms with van der Waals surface area (Å²) in [6, 6.07) is 7.69. The predicted molar refractivity (Wildman–Crippen MR) is 67.2 cm³/mol. The van der Waals surface area contributed by atoms with Crippen LogP contribution in [0.1, 0.15) is 5.56 Å². The molecule has 0 unspecified atom stereocenters. The van der Waals surface area contributed by atoms with Crippen LogP contribution in [0.4, 0.5) is 5.95 Å². The minimum absolute atomic E-state index is 0.478. The van der Waals surface area contributed by atoms with Gasteiger partial charge in [0.1, 0.15) is 11.6 Å². The van der Waals surface area contributed by atoms with Crippen molar-refractivity contribution in [2.75, 3.05) is 17.7 Å². The van der Waals surface area contributed by atoms with Gasteiger partial charge in [0.2, 0.25) is 5.95 Å². The molecule has 2 aromatic rings. The molecular weight excluding hydrogens is 220 g/mol. The van der Waals surface area contributed by atoms with Crippen LogP contribution in [0.3, 0.4) is 0 Å². The minimum Gasteiger partial charge on any atom is -0.369 e. The van der Waals surface area contributed by atoms with E-state index in [1.165, 1.54) is 0 Å². The first-order valence-corrected chi connectivity index (χ1v) is 6.31. The third-order valence-electron chi connectivity index (χ3n) is 2.45. The predicted octanol–water partition coefficient (Wildman–Crippen LogP) is 1.85. The summed E-state index contributed by atoms with van der Waals surface area (Å²) in [6.07, 6.45) is 2.05. The molecule has 0 aliphatic heterocycles. The Kier molecular flexibility index (Phi) is 3.02. The average molecular weight is 232 g/mol. The van der Waals surface area contributed by atoms with E-state index in [0.717, 1.165) is 17.8 Å². The van der Waals surface area contributed by atoms with Gasteiger partial charge in [-0.1, -0.05) is 6.07 Å². The molecule has 1 aromatic carbocycles. The van der Waals surface area contributed by atoms with Gasteiger partial charge in [-0.25, -0.2) is 4.98 Å². The molecule has 0 spiro atoms. The summed E-state index contributed by atoms with van der Waals surface area (Å²) in [5.74, 6) is 1.46. The minimum atomic E-state index is 0.478. The van der Waals surface area contributed by atoms with Gasteiger partial charge >= 0.3 is 0 Å². The van der Waals surface area contributed by atoms with Crippen molar-refractivity contribution in [3.05, 3.63) is 23.8 Å². The molecule has 0 atom stereocenters. The molecule has 0 saturated heterocycles. The zero-order valence-corrected chi connectivity index (χ0v) is 9.79. The smallest absolute Gasteiger partial charge is 0.201 e. The molecule has 2 rings (SSSR count). The van der Waals surface area contributed by atoms with Crippen molar-refractivity contribution in [3.63, 3.8) is 0 Å². The van der Waals surface area contributed by atoms with Crippen molar-refractivity contribution in [1.82, 2.24) is 9.55 Å². The molecule has 16 heavy (non-hydrogen) atoms. The number of thioether (sulfide) groups is 1. The van der Waals surface area contributed by atoms with E-state index in [-0.39, 0.29) is 0 Å². The SMILES string of the molecule is CSCCn1c(N)nc2c(C#N)cccc21. The van der Waals surface area contributed by atoms with E-state index in [0.29, 0.717) is 17.0 Å². The Morgan fingerprint density at radius 2 is 2.38 bits per heavy atom. The van der Waals surface area contributed by atoms with Gasteiger partial charge in [0.25, 0.3) is 0 Å². The highest BCUT2D eigenvalue weighted by molar-refractivity contribution is 7.98. The van der Waals surface area contributed by atoms with Crippen LogP contribution in [0, 0.1) is 11.3 Å². The Morgan fingerprint density at radius 3 is 3.06 bits per heavy atom. The van der Waals surface area contributed by atoms with Gasteiger partial charge in [-0.15, -0.1) is 0 Å². The molecule has 0 saturated carbocycles. The van der Waals surface area contributed by atoms with Gasteiger partial charge in [-0.3, -0.25) is 0 Å². The zero-order chi connectivity index (χ0) is 11.5. The van der Waals surface area contributed by atoms with Gasteiger partial charge in [0, 0.05) is 12.3 Å². The first-order chi connectivity index (χ1) is 7.77. The summed E-state index contributed by atoms with van der Waals surface area (Å²) in [7, 11) is 0. The number of nitrogens with zero attached hydrogens (tertiary/aromatic N) is 3. The van der Waals surface area contributed by atoms with Gasteiger partial charge in [0.15, 0.2) is 0 Å². The maximum atomic E-state index is 8.97. The standard InChI is InChI=1S/C11H12N4S/c1-16-6-5-15-9-4-2-3-8(7-12)10(9)14-11(15)13/h2-4H,5-6H2,1H3,(H2,13,14). The van der Waals surface area contributed by atoms with Crippen molar-refractivity contribution in [2.45, 2.75) is 6.54 Å². The molecule has 5 heteroatoms. The van der Waals surface area contributed by atoms with Crippen molar-refractivity contribution in [2.24, 2.45) is 0 Å². The second-order valence-electron chi connectivity index (χ2n) is 3.40. The Bertz CT molecular complexity index is 553. The molecular formula is C11H12N4S. The molecule has 0 fully saturated rings. The van der Waals surface area contributed by atoms with Gasteiger partial charge in [-0.05, 0) is 18.4 Å². The number of benzene rings is 1. The quantitative estimate of drug-likeness (QED) is 0.877. The first kappa shape index (κ1) is 10.8. The summed E-state index contributed by atoms with van der Waals surface area (Å²) in [6.45, 7) is 0.818. The number of aryl methyl sites for hydroxylation is 1. The van der Waals surface area contributed by atoms with Gasteiger partial charge in [-0.2, -0.15) is 17.0 Å². The fourth-order valence-corrected chi connectivity index (χ4v) is 2.04. The van der Waals surface area contributed by atoms with Crippen LogP contribution >= 0.6 is 11.8 Å². The monoisotopic (exact) mass is 232 g/mol. The maximum Gasteiger partial charge on any atom is 0.201 e. The lowest BCUT2D eigenvalue weighted by molar-refractivity contribution is 0.810. The van der Waals surface area contributed by atoms with Crippen LogP contribution in [0.25, 0.3) is 11.0 Å². The second-order valence-corrected chi connectivity index (χ2v) is 4.39. The number of para-hydroxylation sites is 1. The average Bonchev–Trinajstić information content (AvgIpc) is 2.62. The van der Waals surface area contributed by atoms with Crippen LogP contribution in [0.2, 0.25) is 0 Å². The Labute approximate surface area is 98.1 Å². The summed E-state index contributed by atoms with van der Waals surface area (Å²) >= 11 is 1.76. The number of fused-ring (bicyclic) bond motifs is 1. The summed E-state index contributed by atoms with van der Waals surface area (Å²) in [5.41, 5.74) is 8.06. The second kappa shape index (κ2) is 4.45. The number of imidazole rings is 1. The topological polar surface area (TPSA) is 67.6 Å². The van der Waals surface area contributed by atoms with E-state index in [2.05, 4.69) is 17.3 Å². The Hall–Kier alpha value is -1.67. The van der Waals surface area contributed by atoms with Crippen molar-refractivity contribution >= 4 is 28.7 Å². The van der Waals surface area contributed by atoms with Crippen LogP contribution in [-0.2, 0) is 6.54 Å². The van der Waals surface area contributed by atoms with Crippen LogP contribution in [0.15, 0.2) is 18.2 Å². The van der Waals surface area contributed by atoms with Gasteiger partial charge in [0.05, 0.1) is 11.1 Å². The highest BCUT2D eigenvalue weighted by Crippen LogP contribution is 2.21. The number of nitrogens with two attached hydrogens (primary N) is 1. The Morgan fingerprint density at radius 1 is 1.56 bits per heavy atom. The number of aromatic nitrogens is 2. The third-order valence-corrected chi connectivity index (χ3v) is 3.04. The molecule has 1 aromatic heterocycles. The van der Waals surface area contributed by atoms with E-state index < -0.39 is 0 Å². The van der Waals surface area contributed by atoms with Crippen molar-refractivity contribution in [3.8, 4) is 6.07 Å². The highest BCUT2D eigenvalue weighted by Gasteiger charge is 2.10. The summed E-state index contributed by atoms with van der Waals surface area (Å²) < 4.78 is 1.95. The molecule has 0 radical (unpaired) electrons. The third kappa shape index (κ3) is 1.72. The van der Waals surface area contributed by atoms with E-state index in [1.54, 1.807) is 17.8 Å². The van der Waals surface area contributed by atoms with E-state index >= 15 is 0 Å². The molecule has 2 N–H and O–H groups in total. The number of rotatable bonds is 3. The number of nitriles is 1. The summed E-state index contributed by atoms with van der Waals surface area (Å²) in [4.78, 5) is 4.25. The molecule has 0 amide bonds. The zero-order valence-electron chi connectivity index (χ0n) is 8.97. The molecule has 82 valence electrons. The lowest BCUT2D eigenvalue weighted by Crippen LogP contribution is -2.04. The Balaban J connectivity index is 2.58. The molecule has 4 nitrogen and oxygen atoms in total. The number of anilines is 1. The van der Waals surface area contributed by atoms with E-state index in [9.17, 15) is 0 Å². The normalized spacial score (nSPS) is 10.5. The lowest BCUT2D eigenvalue weighted by Gasteiger charge is -2.04. The number of hydrogen-bond donors (Lipinski definition) is 1. The van der Waals surface area contributed by atoms with E-state index in [1.807, 2.05) is 16.7 Å². The first-order valence-electron chi connectivity index (χ1n) is 4.91. The van der Waals surface area contributed by atoms with Gasteiger partial charge < -0.3 is 10.3 Å². The lowest BCUT2D eigenvalue weighted by atomic mass is 10.2. The number of hydrogen-bond acceptors (Lipinski definition) is 4. The molecule has 0 bridgehead atoms. The molecule has 0 aliphatic carbocycles. The van der Waals surface area contributed by atoms with Crippen LogP contribution in [0.5, 0.6) is 0 Å². The fraction of sp³-hybridized carbons (Fsp3) is 0.273. The van der Waals surface area contributed by atoms with Crippen molar-refractivity contribution in [1.29, 1.82) is 5.26 Å². The van der Waals surface area contributed by atoms with E-state index in [4.69, 9.17) is 11.0 Å². The van der Waals surface area contributed by atoms with Crippen LogP contribution < -0.4 is 5.73 Å². The highest BCUT2D eigenvalue weighted by atomic mass is 32.2. The van der Waals surface area contributed by atoms with Crippen molar-refractivity contribution < 1.29 is 0 Å². The number of nitrogen functional groups attached to an aromatic ring is 1. The fourth-order valence-electron chi connectivity index (χ4n) is 1.67. The largest absolute Gasteiger partial charge is 0.369 e.